The molecule has 4 aromatic carbocycles. The van der Waals surface area contributed by atoms with E-state index in [2.05, 4.69) is 36.4 Å². The number of allylic oxidation sites excluding steroid dienone is 10. The Hall–Kier alpha value is -5.74. The van der Waals surface area contributed by atoms with Gasteiger partial charge in [-0.15, -0.1) is 0 Å². The number of para-hydroxylation sites is 2. The van der Waals surface area contributed by atoms with E-state index in [9.17, 15) is 0 Å². The average Bonchev–Trinajstić information content (AvgIpc) is 3.09. The minimum absolute atomic E-state index is 0.597. The molecule has 44 heavy (non-hydrogen) atoms. The third-order valence-electron chi connectivity index (χ3n) is 7.26. The maximum Gasteiger partial charge on any atom is 0.160 e. The maximum atomic E-state index is 6.22. The van der Waals surface area contributed by atoms with Gasteiger partial charge in [0.2, 0.25) is 0 Å². The van der Waals surface area contributed by atoms with Crippen LogP contribution in [0.15, 0.2) is 169 Å². The van der Waals surface area contributed by atoms with Gasteiger partial charge in [0.05, 0.1) is 14.2 Å². The Balaban J connectivity index is 1.29. The lowest BCUT2D eigenvalue weighted by molar-refractivity contribution is 0.241. The van der Waals surface area contributed by atoms with Crippen LogP contribution in [0.2, 0.25) is 0 Å². The molecule has 4 aromatic rings. The number of rotatable bonds is 8. The molecule has 0 radical (unpaired) electrons. The lowest BCUT2D eigenvalue weighted by atomic mass is 9.99. The minimum atomic E-state index is 0.597. The predicted molar refractivity (Wildman–Crippen MR) is 178 cm³/mol. The fourth-order valence-corrected chi connectivity index (χ4v) is 5.07. The molecule has 0 amide bonds. The topological polar surface area (TPSA) is 36.9 Å². The van der Waals surface area contributed by atoms with Crippen molar-refractivity contribution in [3.63, 3.8) is 0 Å². The molecule has 0 fully saturated rings. The van der Waals surface area contributed by atoms with Crippen molar-refractivity contribution in [2.75, 3.05) is 14.2 Å². The first-order valence-electron chi connectivity index (χ1n) is 14.4. The van der Waals surface area contributed by atoms with Crippen LogP contribution in [-0.4, -0.2) is 14.2 Å². The van der Waals surface area contributed by atoms with E-state index in [1.807, 2.05) is 121 Å². The molecule has 0 spiro atoms. The smallest absolute Gasteiger partial charge is 0.160 e. The molecule has 2 aliphatic rings. The van der Waals surface area contributed by atoms with Crippen molar-refractivity contribution in [2.24, 2.45) is 0 Å². The summed E-state index contributed by atoms with van der Waals surface area (Å²) in [7, 11) is 3.28. The molecule has 216 valence electrons. The largest absolute Gasteiger partial charge is 0.493 e. The number of fused-ring (bicyclic) bond motifs is 2. The highest BCUT2D eigenvalue weighted by molar-refractivity contribution is 5.89. The zero-order valence-corrected chi connectivity index (χ0v) is 24.6. The van der Waals surface area contributed by atoms with E-state index in [0.29, 0.717) is 11.5 Å². The summed E-state index contributed by atoms with van der Waals surface area (Å²) in [6.07, 6.45) is 15.9. The van der Waals surface area contributed by atoms with Crippen LogP contribution in [0.1, 0.15) is 22.3 Å². The van der Waals surface area contributed by atoms with E-state index in [-0.39, 0.29) is 0 Å². The van der Waals surface area contributed by atoms with Crippen molar-refractivity contribution >= 4 is 22.7 Å². The molecule has 0 unspecified atom stereocenters. The van der Waals surface area contributed by atoms with Crippen molar-refractivity contribution in [3.05, 3.63) is 192 Å². The van der Waals surface area contributed by atoms with E-state index in [1.165, 1.54) is 0 Å². The molecular weight excluding hydrogens is 544 g/mol. The van der Waals surface area contributed by atoms with E-state index in [4.69, 9.17) is 18.9 Å². The normalized spacial score (nSPS) is 16.4. The van der Waals surface area contributed by atoms with Crippen molar-refractivity contribution in [1.29, 1.82) is 0 Å². The average molecular weight is 577 g/mol. The Morgan fingerprint density at radius 3 is 1.30 bits per heavy atom. The standard InChI is InChI=1S/C40H32O4/c1-41-37(25-13-19-31-27-39(29-15-5-3-6-16-29)43-35-23-11-9-21-33(31)35)38(42-2)26-14-20-32-28-40(30-17-7-4-8-18-30)44-36-24-12-10-22-34(32)36/h3-28H,1-2H3/b25-13+,26-14+,31-19-,32-20-,38-37+. The van der Waals surface area contributed by atoms with Gasteiger partial charge < -0.3 is 18.9 Å². The summed E-state index contributed by atoms with van der Waals surface area (Å²) in [5.74, 6) is 4.45. The van der Waals surface area contributed by atoms with Gasteiger partial charge in [-0.2, -0.15) is 0 Å². The Morgan fingerprint density at radius 1 is 0.500 bits per heavy atom. The van der Waals surface area contributed by atoms with Crippen molar-refractivity contribution in [1.82, 2.24) is 0 Å². The number of ether oxygens (including phenoxy) is 4. The second kappa shape index (κ2) is 13.5. The summed E-state index contributed by atoms with van der Waals surface area (Å²) in [6.45, 7) is 0. The summed E-state index contributed by atoms with van der Waals surface area (Å²) in [5.41, 5.74) is 6.17. The van der Waals surface area contributed by atoms with E-state index in [1.54, 1.807) is 14.2 Å². The molecule has 2 aliphatic heterocycles. The number of hydrogen-bond acceptors (Lipinski definition) is 4. The molecular formula is C40H32O4. The Labute approximate surface area is 258 Å². The van der Waals surface area contributed by atoms with Crippen LogP contribution in [0.25, 0.3) is 22.7 Å². The van der Waals surface area contributed by atoms with Crippen LogP contribution >= 0.6 is 0 Å². The summed E-state index contributed by atoms with van der Waals surface area (Å²) >= 11 is 0. The van der Waals surface area contributed by atoms with Crippen LogP contribution in [-0.2, 0) is 9.47 Å². The van der Waals surface area contributed by atoms with Crippen LogP contribution < -0.4 is 9.47 Å². The minimum Gasteiger partial charge on any atom is -0.493 e. The van der Waals surface area contributed by atoms with Crippen LogP contribution in [0.5, 0.6) is 11.5 Å². The molecule has 0 saturated carbocycles. The molecule has 4 heteroatoms. The van der Waals surface area contributed by atoms with E-state index < -0.39 is 0 Å². The first-order chi connectivity index (χ1) is 21.7. The first-order valence-corrected chi connectivity index (χ1v) is 14.4. The maximum absolute atomic E-state index is 6.22. The summed E-state index contributed by atoms with van der Waals surface area (Å²) in [5, 5.41) is 0. The highest BCUT2D eigenvalue weighted by Crippen LogP contribution is 2.38. The molecule has 0 bridgehead atoms. The molecule has 4 nitrogen and oxygen atoms in total. The third-order valence-corrected chi connectivity index (χ3v) is 7.26. The summed E-state index contributed by atoms with van der Waals surface area (Å²) in [4.78, 5) is 0. The fourth-order valence-electron chi connectivity index (χ4n) is 5.07. The zero-order chi connectivity index (χ0) is 30.1. The fraction of sp³-hybridized carbons (Fsp3) is 0.0500. The monoisotopic (exact) mass is 576 g/mol. The van der Waals surface area contributed by atoms with Gasteiger partial charge >= 0.3 is 0 Å². The van der Waals surface area contributed by atoms with Crippen LogP contribution in [0, 0.1) is 0 Å². The second-order valence-electron chi connectivity index (χ2n) is 10.0. The highest BCUT2D eigenvalue weighted by Gasteiger charge is 2.18. The number of methoxy groups -OCH3 is 2. The lowest BCUT2D eigenvalue weighted by Gasteiger charge is -2.20. The summed E-state index contributed by atoms with van der Waals surface area (Å²) in [6, 6.07) is 36.3. The molecule has 2 heterocycles. The number of hydrogen-bond donors (Lipinski definition) is 0. The van der Waals surface area contributed by atoms with Crippen LogP contribution in [0.4, 0.5) is 0 Å². The molecule has 0 aliphatic carbocycles. The van der Waals surface area contributed by atoms with Gasteiger partial charge in [-0.25, -0.2) is 0 Å². The van der Waals surface area contributed by atoms with E-state index >= 15 is 0 Å². The van der Waals surface area contributed by atoms with Gasteiger partial charge in [0.15, 0.2) is 11.5 Å². The predicted octanol–water partition coefficient (Wildman–Crippen LogP) is 9.64. The van der Waals surface area contributed by atoms with Crippen molar-refractivity contribution < 1.29 is 18.9 Å². The van der Waals surface area contributed by atoms with Gasteiger partial charge in [-0.05, 0) is 47.6 Å². The van der Waals surface area contributed by atoms with Gasteiger partial charge in [0.1, 0.15) is 23.0 Å². The van der Waals surface area contributed by atoms with Crippen LogP contribution in [0.3, 0.4) is 0 Å². The molecule has 0 aromatic heterocycles. The lowest BCUT2D eigenvalue weighted by Crippen LogP contribution is -2.03. The molecule has 0 N–H and O–H groups in total. The zero-order valence-electron chi connectivity index (χ0n) is 24.6. The Bertz CT molecular complexity index is 1710. The van der Waals surface area contributed by atoms with E-state index in [0.717, 1.165) is 56.4 Å². The quantitative estimate of drug-likeness (QED) is 0.155. The SMILES string of the molecule is COC(/C=C/C=C1/C=C(c2ccccc2)Oc2ccccc21)=C(\C=C\C=C1\C=C(c2ccccc2)Oc2ccccc21)OC. The molecule has 6 rings (SSSR count). The van der Waals surface area contributed by atoms with Gasteiger partial charge in [0.25, 0.3) is 0 Å². The first kappa shape index (κ1) is 28.4. The van der Waals surface area contributed by atoms with Gasteiger partial charge in [-0.1, -0.05) is 121 Å². The second-order valence-corrected chi connectivity index (χ2v) is 10.0. The third kappa shape index (κ3) is 6.35. The molecule has 0 atom stereocenters. The highest BCUT2D eigenvalue weighted by atomic mass is 16.5. The van der Waals surface area contributed by atoms with Gasteiger partial charge in [0, 0.05) is 22.3 Å². The number of benzene rings is 4. The Kier molecular flexibility index (Phi) is 8.70. The molecule has 0 saturated heterocycles. The summed E-state index contributed by atoms with van der Waals surface area (Å²) < 4.78 is 23.9. The Morgan fingerprint density at radius 2 is 0.886 bits per heavy atom. The van der Waals surface area contributed by atoms with Crippen molar-refractivity contribution in [3.8, 4) is 11.5 Å². The van der Waals surface area contributed by atoms with Crippen molar-refractivity contribution in [2.45, 2.75) is 0 Å². The van der Waals surface area contributed by atoms with Gasteiger partial charge in [-0.3, -0.25) is 0 Å².